The Kier molecular flexibility index (Phi) is 7.57. The average molecular weight is 484 g/mol. The summed E-state index contributed by atoms with van der Waals surface area (Å²) in [6.45, 7) is 6.90. The number of hydrogen-bond acceptors (Lipinski definition) is 5. The number of halogens is 1. The van der Waals surface area contributed by atoms with Crippen molar-refractivity contribution in [2.75, 3.05) is 45.9 Å². The van der Waals surface area contributed by atoms with E-state index in [1.807, 2.05) is 18.2 Å². The van der Waals surface area contributed by atoms with E-state index in [4.69, 9.17) is 21.1 Å². The lowest BCUT2D eigenvalue weighted by Gasteiger charge is -2.26. The highest BCUT2D eigenvalue weighted by atomic mass is 35.5. The zero-order chi connectivity index (χ0) is 23.3. The standard InChI is InChI=1S/C27H34ClN3O3/c28-23-6-3-20(4-7-23)17-31-12-9-22(18-31)27(32)29-24(19-30-10-1-2-11-30)15-21-5-8-25-26(16-21)34-14-13-33-25/h3-8,16,22,24H,1-2,9-15,17-19H2,(H,29,32)/t22?,24-/m0/s1. The van der Waals surface area contributed by atoms with Crippen LogP contribution in [0, 0.1) is 5.92 Å². The first-order valence-electron chi connectivity index (χ1n) is 12.5. The summed E-state index contributed by atoms with van der Waals surface area (Å²) in [5.41, 5.74) is 2.40. The zero-order valence-electron chi connectivity index (χ0n) is 19.7. The summed E-state index contributed by atoms with van der Waals surface area (Å²) in [7, 11) is 0. The van der Waals surface area contributed by atoms with E-state index in [1.54, 1.807) is 0 Å². The molecule has 6 nitrogen and oxygen atoms in total. The van der Waals surface area contributed by atoms with Crippen molar-refractivity contribution in [2.24, 2.45) is 5.92 Å². The van der Waals surface area contributed by atoms with Gasteiger partial charge in [0.05, 0.1) is 5.92 Å². The van der Waals surface area contributed by atoms with Crippen molar-refractivity contribution >= 4 is 17.5 Å². The molecule has 3 aliphatic rings. The van der Waals surface area contributed by atoms with Crippen LogP contribution in [0.1, 0.15) is 30.4 Å². The number of carbonyl (C=O) groups is 1. The Morgan fingerprint density at radius 3 is 2.50 bits per heavy atom. The molecule has 3 aliphatic heterocycles. The highest BCUT2D eigenvalue weighted by molar-refractivity contribution is 6.30. The molecule has 182 valence electrons. The molecule has 2 atom stereocenters. The maximum absolute atomic E-state index is 13.3. The van der Waals surface area contributed by atoms with Gasteiger partial charge in [-0.15, -0.1) is 0 Å². The smallest absolute Gasteiger partial charge is 0.224 e. The van der Waals surface area contributed by atoms with Gasteiger partial charge in [0, 0.05) is 30.7 Å². The molecule has 2 aromatic rings. The van der Waals surface area contributed by atoms with Gasteiger partial charge in [-0.05, 0) is 80.7 Å². The molecule has 2 fully saturated rings. The van der Waals surface area contributed by atoms with Crippen molar-refractivity contribution in [3.05, 3.63) is 58.6 Å². The molecule has 2 saturated heterocycles. The maximum Gasteiger partial charge on any atom is 0.224 e. The maximum atomic E-state index is 13.3. The van der Waals surface area contributed by atoms with Gasteiger partial charge in [-0.3, -0.25) is 9.69 Å². The molecule has 1 amide bonds. The molecule has 1 unspecified atom stereocenters. The minimum atomic E-state index is 0.0358. The Hall–Kier alpha value is -2.28. The SMILES string of the molecule is O=C(N[C@@H](Cc1ccc2c(c1)OCCO2)CN1CCCC1)C1CCN(Cc2ccc(Cl)cc2)C1. The van der Waals surface area contributed by atoms with Crippen molar-refractivity contribution < 1.29 is 14.3 Å². The number of amides is 1. The molecule has 3 heterocycles. The van der Waals surface area contributed by atoms with E-state index < -0.39 is 0 Å². The number of nitrogens with zero attached hydrogens (tertiary/aromatic N) is 2. The molecule has 0 bridgehead atoms. The molecular formula is C27H34ClN3O3. The van der Waals surface area contributed by atoms with Crippen LogP contribution in [-0.4, -0.2) is 67.7 Å². The number of likely N-dealkylation sites (tertiary alicyclic amines) is 2. The quantitative estimate of drug-likeness (QED) is 0.619. The second kappa shape index (κ2) is 11.0. The van der Waals surface area contributed by atoms with Crippen LogP contribution in [0.3, 0.4) is 0 Å². The monoisotopic (exact) mass is 483 g/mol. The minimum Gasteiger partial charge on any atom is -0.486 e. The molecular weight excluding hydrogens is 450 g/mol. The van der Waals surface area contributed by atoms with E-state index >= 15 is 0 Å². The molecule has 5 rings (SSSR count). The molecule has 34 heavy (non-hydrogen) atoms. The van der Waals surface area contributed by atoms with E-state index in [9.17, 15) is 4.79 Å². The van der Waals surface area contributed by atoms with Crippen LogP contribution in [0.4, 0.5) is 0 Å². The van der Waals surface area contributed by atoms with E-state index in [0.29, 0.717) is 13.2 Å². The number of nitrogens with one attached hydrogen (secondary N) is 1. The fourth-order valence-electron chi connectivity index (χ4n) is 5.29. The Morgan fingerprint density at radius 1 is 0.971 bits per heavy atom. The fourth-order valence-corrected chi connectivity index (χ4v) is 5.42. The first-order chi connectivity index (χ1) is 16.6. The molecule has 0 spiro atoms. The Labute approximate surface area is 207 Å². The third kappa shape index (κ3) is 6.04. The van der Waals surface area contributed by atoms with Gasteiger partial charge < -0.3 is 19.7 Å². The number of benzene rings is 2. The summed E-state index contributed by atoms with van der Waals surface area (Å²) >= 11 is 6.01. The van der Waals surface area contributed by atoms with E-state index in [0.717, 1.165) is 68.6 Å². The van der Waals surface area contributed by atoms with Crippen LogP contribution in [0.25, 0.3) is 0 Å². The summed E-state index contributed by atoms with van der Waals surface area (Å²) in [5.74, 6) is 1.83. The van der Waals surface area contributed by atoms with E-state index in [2.05, 4.69) is 39.4 Å². The van der Waals surface area contributed by atoms with Crippen molar-refractivity contribution in [1.82, 2.24) is 15.1 Å². The summed E-state index contributed by atoms with van der Waals surface area (Å²) in [6.07, 6.45) is 4.18. The van der Waals surface area contributed by atoms with Crippen LogP contribution >= 0.6 is 11.6 Å². The molecule has 7 heteroatoms. The van der Waals surface area contributed by atoms with E-state index in [-0.39, 0.29) is 17.9 Å². The minimum absolute atomic E-state index is 0.0358. The van der Waals surface area contributed by atoms with Crippen molar-refractivity contribution in [1.29, 1.82) is 0 Å². The molecule has 0 saturated carbocycles. The Balaban J connectivity index is 1.20. The van der Waals surface area contributed by atoms with Crippen molar-refractivity contribution in [3.8, 4) is 11.5 Å². The highest BCUT2D eigenvalue weighted by Gasteiger charge is 2.30. The number of rotatable bonds is 8. The van der Waals surface area contributed by atoms with Gasteiger partial charge in [0.25, 0.3) is 0 Å². The van der Waals surface area contributed by atoms with Gasteiger partial charge in [0.1, 0.15) is 13.2 Å². The summed E-state index contributed by atoms with van der Waals surface area (Å²) in [4.78, 5) is 18.1. The summed E-state index contributed by atoms with van der Waals surface area (Å²) < 4.78 is 11.4. The average Bonchev–Trinajstić information content (AvgIpc) is 3.53. The fraction of sp³-hybridized carbons (Fsp3) is 0.519. The third-order valence-electron chi connectivity index (χ3n) is 7.07. The van der Waals surface area contributed by atoms with Gasteiger partial charge in [-0.2, -0.15) is 0 Å². The van der Waals surface area contributed by atoms with Crippen LogP contribution in [0.2, 0.25) is 5.02 Å². The Morgan fingerprint density at radius 2 is 1.71 bits per heavy atom. The van der Waals surface area contributed by atoms with Gasteiger partial charge in [-0.1, -0.05) is 29.8 Å². The second-order valence-corrected chi connectivity index (χ2v) is 10.2. The molecule has 0 aliphatic carbocycles. The van der Waals surface area contributed by atoms with Crippen LogP contribution in [-0.2, 0) is 17.8 Å². The lowest BCUT2D eigenvalue weighted by Crippen LogP contribution is -2.46. The predicted octanol–water partition coefficient (Wildman–Crippen LogP) is 3.76. The highest BCUT2D eigenvalue weighted by Crippen LogP contribution is 2.31. The summed E-state index contributed by atoms with van der Waals surface area (Å²) in [6, 6.07) is 14.2. The predicted molar refractivity (Wildman–Crippen MR) is 134 cm³/mol. The second-order valence-electron chi connectivity index (χ2n) is 9.74. The Bertz CT molecular complexity index is 978. The molecule has 0 radical (unpaired) electrons. The van der Waals surface area contributed by atoms with Crippen LogP contribution in [0.5, 0.6) is 11.5 Å². The first kappa shape index (κ1) is 23.5. The van der Waals surface area contributed by atoms with E-state index in [1.165, 1.54) is 24.0 Å². The van der Waals surface area contributed by atoms with Gasteiger partial charge >= 0.3 is 0 Å². The normalized spacial score (nSPS) is 21.5. The number of hydrogen-bond donors (Lipinski definition) is 1. The molecule has 2 aromatic carbocycles. The van der Waals surface area contributed by atoms with Crippen LogP contribution in [0.15, 0.2) is 42.5 Å². The first-order valence-corrected chi connectivity index (χ1v) is 12.9. The topological polar surface area (TPSA) is 54.0 Å². The van der Waals surface area contributed by atoms with Crippen molar-refractivity contribution in [3.63, 3.8) is 0 Å². The lowest BCUT2D eigenvalue weighted by molar-refractivity contribution is -0.125. The van der Waals surface area contributed by atoms with Crippen LogP contribution < -0.4 is 14.8 Å². The molecule has 0 aromatic heterocycles. The van der Waals surface area contributed by atoms with Gasteiger partial charge in [0.15, 0.2) is 11.5 Å². The number of ether oxygens (including phenoxy) is 2. The number of fused-ring (bicyclic) bond motifs is 1. The molecule has 1 N–H and O–H groups in total. The third-order valence-corrected chi connectivity index (χ3v) is 7.33. The largest absolute Gasteiger partial charge is 0.486 e. The van der Waals surface area contributed by atoms with Crippen molar-refractivity contribution in [2.45, 2.75) is 38.3 Å². The number of carbonyl (C=O) groups excluding carboxylic acids is 1. The lowest BCUT2D eigenvalue weighted by atomic mass is 10.0. The summed E-state index contributed by atoms with van der Waals surface area (Å²) in [5, 5.41) is 4.16. The zero-order valence-corrected chi connectivity index (χ0v) is 20.4. The van der Waals surface area contributed by atoms with Gasteiger partial charge in [-0.25, -0.2) is 0 Å². The van der Waals surface area contributed by atoms with Gasteiger partial charge in [0.2, 0.25) is 5.91 Å².